The maximum absolute atomic E-state index is 9.22. The van der Waals surface area contributed by atoms with Crippen molar-refractivity contribution in [1.29, 1.82) is 10.5 Å². The molecule has 0 unspecified atom stereocenters. The standard InChI is InChI=1S/C21H29N3O2/c1-25-20-12-18(13-21(14-20)26-2)6-5-17-7-10-24(11-8-17)16-19(15-23)4-3-9-22/h12-14,17,19H,3-8,10-11,16H2,1-2H3/t19-/m0/s1. The number of rotatable bonds is 9. The second-order valence-electron chi connectivity index (χ2n) is 7.03. The van der Waals surface area contributed by atoms with Crippen LogP contribution in [0.1, 0.15) is 37.7 Å². The van der Waals surface area contributed by atoms with E-state index in [2.05, 4.69) is 29.2 Å². The van der Waals surface area contributed by atoms with Crippen LogP contribution >= 0.6 is 0 Å². The zero-order chi connectivity index (χ0) is 18.8. The molecule has 1 aromatic carbocycles. The van der Waals surface area contributed by atoms with Crippen molar-refractivity contribution in [3.63, 3.8) is 0 Å². The van der Waals surface area contributed by atoms with Crippen LogP contribution in [0.4, 0.5) is 0 Å². The number of ether oxygens (including phenoxy) is 2. The first kappa shape index (κ1) is 20.1. The number of hydrogen-bond acceptors (Lipinski definition) is 5. The molecule has 1 saturated heterocycles. The summed E-state index contributed by atoms with van der Waals surface area (Å²) < 4.78 is 10.7. The van der Waals surface area contributed by atoms with Crippen molar-refractivity contribution in [2.24, 2.45) is 11.8 Å². The van der Waals surface area contributed by atoms with Gasteiger partial charge in [0.25, 0.3) is 0 Å². The highest BCUT2D eigenvalue weighted by atomic mass is 16.5. The maximum Gasteiger partial charge on any atom is 0.122 e. The van der Waals surface area contributed by atoms with E-state index in [1.54, 1.807) is 14.2 Å². The van der Waals surface area contributed by atoms with E-state index >= 15 is 0 Å². The summed E-state index contributed by atoms with van der Waals surface area (Å²) in [5.74, 6) is 2.39. The van der Waals surface area contributed by atoms with Crippen LogP contribution in [0.2, 0.25) is 0 Å². The summed E-state index contributed by atoms with van der Waals surface area (Å²) in [5.41, 5.74) is 1.25. The van der Waals surface area contributed by atoms with Crippen LogP contribution in [-0.4, -0.2) is 38.8 Å². The molecular formula is C21H29N3O2. The van der Waals surface area contributed by atoms with Crippen LogP contribution in [0.15, 0.2) is 18.2 Å². The SMILES string of the molecule is COc1cc(CCC2CCN(C[C@H](C#N)CCC#N)CC2)cc(OC)c1. The van der Waals surface area contributed by atoms with E-state index in [4.69, 9.17) is 14.7 Å². The first-order chi connectivity index (χ1) is 12.7. The van der Waals surface area contributed by atoms with Crippen LogP contribution < -0.4 is 9.47 Å². The van der Waals surface area contributed by atoms with Crippen molar-refractivity contribution in [3.05, 3.63) is 23.8 Å². The largest absolute Gasteiger partial charge is 0.497 e. The average Bonchev–Trinajstić information content (AvgIpc) is 2.70. The van der Waals surface area contributed by atoms with Gasteiger partial charge in [-0.25, -0.2) is 0 Å². The van der Waals surface area contributed by atoms with Gasteiger partial charge in [0.2, 0.25) is 0 Å². The molecule has 0 amide bonds. The number of methoxy groups -OCH3 is 2. The first-order valence-corrected chi connectivity index (χ1v) is 9.39. The highest BCUT2D eigenvalue weighted by molar-refractivity contribution is 5.38. The Morgan fingerprint density at radius 1 is 1.12 bits per heavy atom. The zero-order valence-electron chi connectivity index (χ0n) is 15.9. The summed E-state index contributed by atoms with van der Waals surface area (Å²) in [4.78, 5) is 2.39. The summed E-state index contributed by atoms with van der Waals surface area (Å²) in [6.07, 6.45) is 5.71. The van der Waals surface area contributed by atoms with Crippen molar-refractivity contribution < 1.29 is 9.47 Å². The summed E-state index contributed by atoms with van der Waals surface area (Å²) >= 11 is 0. The fourth-order valence-corrected chi connectivity index (χ4v) is 3.59. The first-order valence-electron chi connectivity index (χ1n) is 9.39. The molecule has 0 bridgehead atoms. The van der Waals surface area contributed by atoms with Gasteiger partial charge in [0.15, 0.2) is 0 Å². The van der Waals surface area contributed by atoms with E-state index in [9.17, 15) is 5.26 Å². The highest BCUT2D eigenvalue weighted by Gasteiger charge is 2.21. The Bertz CT molecular complexity index is 617. The minimum Gasteiger partial charge on any atom is -0.497 e. The highest BCUT2D eigenvalue weighted by Crippen LogP contribution is 2.27. The van der Waals surface area contributed by atoms with Crippen LogP contribution in [0.25, 0.3) is 0 Å². The van der Waals surface area contributed by atoms with Crippen LogP contribution in [-0.2, 0) is 6.42 Å². The molecule has 140 valence electrons. The number of nitrogens with zero attached hydrogens (tertiary/aromatic N) is 3. The lowest BCUT2D eigenvalue weighted by Crippen LogP contribution is -2.37. The smallest absolute Gasteiger partial charge is 0.122 e. The minimum atomic E-state index is -0.0181. The summed E-state index contributed by atoms with van der Waals surface area (Å²) in [5, 5.41) is 17.9. The van der Waals surface area contributed by atoms with Crippen molar-refractivity contribution in [2.75, 3.05) is 33.9 Å². The molecule has 26 heavy (non-hydrogen) atoms. The molecule has 5 nitrogen and oxygen atoms in total. The molecule has 1 aliphatic heterocycles. The topological polar surface area (TPSA) is 69.3 Å². The Kier molecular flexibility index (Phi) is 8.25. The summed E-state index contributed by atoms with van der Waals surface area (Å²) in [7, 11) is 3.36. The Balaban J connectivity index is 1.77. The van der Waals surface area contributed by atoms with Gasteiger partial charge in [0.05, 0.1) is 32.3 Å². The summed E-state index contributed by atoms with van der Waals surface area (Å²) in [6.45, 7) is 2.91. The fourth-order valence-electron chi connectivity index (χ4n) is 3.59. The van der Waals surface area contributed by atoms with Crippen molar-refractivity contribution >= 4 is 0 Å². The number of hydrogen-bond donors (Lipinski definition) is 0. The molecule has 1 fully saturated rings. The molecule has 1 aromatic rings. The van der Waals surface area contributed by atoms with Crippen LogP contribution in [0.3, 0.4) is 0 Å². The van der Waals surface area contributed by atoms with Crippen molar-refractivity contribution in [2.45, 2.75) is 38.5 Å². The third-order valence-electron chi connectivity index (χ3n) is 5.23. The number of benzene rings is 1. The molecule has 1 heterocycles. The van der Waals surface area contributed by atoms with Gasteiger partial charge in [0.1, 0.15) is 11.5 Å². The predicted octanol–water partition coefficient (Wildman–Crippen LogP) is 3.79. The predicted molar refractivity (Wildman–Crippen MR) is 101 cm³/mol. The van der Waals surface area contributed by atoms with Gasteiger partial charge in [-0.05, 0) is 68.8 Å². The van der Waals surface area contributed by atoms with E-state index in [-0.39, 0.29) is 5.92 Å². The third-order valence-corrected chi connectivity index (χ3v) is 5.23. The molecule has 2 rings (SSSR count). The van der Waals surface area contributed by atoms with E-state index in [1.807, 2.05) is 6.07 Å². The molecule has 1 atom stereocenters. The Hall–Kier alpha value is -2.24. The van der Waals surface area contributed by atoms with E-state index in [0.29, 0.717) is 12.8 Å². The maximum atomic E-state index is 9.22. The molecule has 0 aromatic heterocycles. The molecule has 0 saturated carbocycles. The molecule has 0 spiro atoms. The van der Waals surface area contributed by atoms with Crippen molar-refractivity contribution in [3.8, 4) is 23.6 Å². The van der Waals surface area contributed by atoms with Crippen LogP contribution in [0.5, 0.6) is 11.5 Å². The number of piperidine rings is 1. The Morgan fingerprint density at radius 2 is 1.77 bits per heavy atom. The van der Waals surface area contributed by atoms with Crippen LogP contribution in [0, 0.1) is 34.5 Å². The molecule has 1 aliphatic rings. The average molecular weight is 355 g/mol. The second-order valence-corrected chi connectivity index (χ2v) is 7.03. The Morgan fingerprint density at radius 3 is 2.31 bits per heavy atom. The lowest BCUT2D eigenvalue weighted by atomic mass is 9.90. The van der Waals surface area contributed by atoms with Gasteiger partial charge in [-0.3, -0.25) is 0 Å². The normalized spacial score (nSPS) is 16.5. The second kappa shape index (κ2) is 10.7. The van der Waals surface area contributed by atoms with Gasteiger partial charge in [-0.2, -0.15) is 10.5 Å². The number of likely N-dealkylation sites (tertiary alicyclic amines) is 1. The number of aryl methyl sites for hydroxylation is 1. The third kappa shape index (κ3) is 6.24. The quantitative estimate of drug-likeness (QED) is 0.674. The van der Waals surface area contributed by atoms with Gasteiger partial charge in [-0.1, -0.05) is 0 Å². The van der Waals surface area contributed by atoms with Gasteiger partial charge in [0, 0.05) is 19.0 Å². The fraction of sp³-hybridized carbons (Fsp3) is 0.619. The molecule has 0 N–H and O–H groups in total. The van der Waals surface area contributed by atoms with Crippen molar-refractivity contribution in [1.82, 2.24) is 4.90 Å². The number of nitriles is 2. The van der Waals surface area contributed by atoms with Gasteiger partial charge >= 0.3 is 0 Å². The Labute approximate surface area is 157 Å². The molecule has 0 radical (unpaired) electrons. The lowest BCUT2D eigenvalue weighted by Gasteiger charge is -2.33. The van der Waals surface area contributed by atoms with E-state index < -0.39 is 0 Å². The van der Waals surface area contributed by atoms with E-state index in [0.717, 1.165) is 43.5 Å². The monoisotopic (exact) mass is 355 g/mol. The molecule has 5 heteroatoms. The molecular weight excluding hydrogens is 326 g/mol. The van der Waals surface area contributed by atoms with E-state index in [1.165, 1.54) is 24.8 Å². The summed E-state index contributed by atoms with van der Waals surface area (Å²) in [6, 6.07) is 10.6. The minimum absolute atomic E-state index is 0.0181. The molecule has 0 aliphatic carbocycles. The van der Waals surface area contributed by atoms with Gasteiger partial charge < -0.3 is 14.4 Å². The lowest BCUT2D eigenvalue weighted by molar-refractivity contribution is 0.165. The van der Waals surface area contributed by atoms with Gasteiger partial charge in [-0.15, -0.1) is 0 Å². The zero-order valence-corrected chi connectivity index (χ0v) is 15.9.